The first-order valence-corrected chi connectivity index (χ1v) is 9.57. The van der Waals surface area contributed by atoms with E-state index in [4.69, 9.17) is 16.3 Å². The summed E-state index contributed by atoms with van der Waals surface area (Å²) in [6.07, 6.45) is 0. The molecule has 0 spiro atoms. The molecule has 0 aliphatic heterocycles. The molecule has 1 N–H and O–H groups in total. The third kappa shape index (κ3) is 3.69. The standard InChI is InChI=1S/C21H18ClN5O3/c1-11-5-4-6-14-18(11)23-16(24-20(14)28)10-30-21(29)19-15(22)7-8-17(25-19)27-13(3)9-12(2)26-27/h4-9H,10H2,1-3H3,(H,23,24,28). The smallest absolute Gasteiger partial charge is 0.359 e. The van der Waals surface area contributed by atoms with Crippen LogP contribution in [0.4, 0.5) is 0 Å². The lowest BCUT2D eigenvalue weighted by molar-refractivity contribution is 0.0455. The second kappa shape index (κ2) is 7.72. The van der Waals surface area contributed by atoms with Gasteiger partial charge in [-0.15, -0.1) is 0 Å². The number of nitrogens with one attached hydrogen (secondary N) is 1. The van der Waals surface area contributed by atoms with Crippen molar-refractivity contribution >= 4 is 28.5 Å². The molecule has 9 heteroatoms. The predicted octanol–water partition coefficient (Wildman–Crippen LogP) is 3.44. The van der Waals surface area contributed by atoms with E-state index >= 15 is 0 Å². The second-order valence-corrected chi connectivity index (χ2v) is 7.31. The lowest BCUT2D eigenvalue weighted by Gasteiger charge is -2.09. The number of pyridine rings is 1. The highest BCUT2D eigenvalue weighted by Gasteiger charge is 2.17. The van der Waals surface area contributed by atoms with Crippen LogP contribution in [0.2, 0.25) is 5.02 Å². The molecular weight excluding hydrogens is 406 g/mol. The van der Waals surface area contributed by atoms with Crippen LogP contribution in [0.3, 0.4) is 0 Å². The van der Waals surface area contributed by atoms with Crippen molar-refractivity contribution < 1.29 is 9.53 Å². The number of aromatic nitrogens is 5. The molecule has 30 heavy (non-hydrogen) atoms. The number of esters is 1. The van der Waals surface area contributed by atoms with E-state index in [1.807, 2.05) is 32.9 Å². The summed E-state index contributed by atoms with van der Waals surface area (Å²) >= 11 is 6.16. The number of carbonyl (C=O) groups excluding carboxylic acids is 1. The Labute approximate surface area is 176 Å². The molecule has 4 aromatic rings. The molecule has 0 aliphatic carbocycles. The van der Waals surface area contributed by atoms with E-state index in [-0.39, 0.29) is 28.7 Å². The van der Waals surface area contributed by atoms with E-state index < -0.39 is 5.97 Å². The summed E-state index contributed by atoms with van der Waals surface area (Å²) < 4.78 is 6.94. The number of carbonyl (C=O) groups is 1. The van der Waals surface area contributed by atoms with Gasteiger partial charge in [-0.05, 0) is 50.6 Å². The predicted molar refractivity (Wildman–Crippen MR) is 112 cm³/mol. The van der Waals surface area contributed by atoms with Crippen LogP contribution in [0, 0.1) is 20.8 Å². The fraction of sp³-hybridized carbons (Fsp3) is 0.190. The van der Waals surface area contributed by atoms with Gasteiger partial charge in [0.25, 0.3) is 5.56 Å². The molecule has 3 aromatic heterocycles. The number of ether oxygens (including phenoxy) is 1. The minimum atomic E-state index is -0.726. The van der Waals surface area contributed by atoms with Gasteiger partial charge in [-0.2, -0.15) is 5.10 Å². The number of fused-ring (bicyclic) bond motifs is 1. The zero-order valence-corrected chi connectivity index (χ0v) is 17.3. The lowest BCUT2D eigenvalue weighted by atomic mass is 10.1. The molecule has 0 fully saturated rings. The molecule has 152 valence electrons. The summed E-state index contributed by atoms with van der Waals surface area (Å²) in [5.41, 5.74) is 2.78. The Hall–Kier alpha value is -3.52. The maximum absolute atomic E-state index is 12.6. The Balaban J connectivity index is 1.60. The van der Waals surface area contributed by atoms with Gasteiger partial charge in [-0.25, -0.2) is 19.4 Å². The topological polar surface area (TPSA) is 103 Å². The average Bonchev–Trinajstić information content (AvgIpc) is 3.05. The zero-order valence-electron chi connectivity index (χ0n) is 16.6. The van der Waals surface area contributed by atoms with Gasteiger partial charge < -0.3 is 9.72 Å². The van der Waals surface area contributed by atoms with Gasteiger partial charge in [-0.3, -0.25) is 4.79 Å². The van der Waals surface area contributed by atoms with Gasteiger partial charge in [0.1, 0.15) is 12.4 Å². The van der Waals surface area contributed by atoms with Crippen molar-refractivity contribution in [3.8, 4) is 5.82 Å². The average molecular weight is 424 g/mol. The van der Waals surface area contributed by atoms with Gasteiger partial charge >= 0.3 is 5.97 Å². The summed E-state index contributed by atoms with van der Waals surface area (Å²) in [5.74, 6) is -0.0401. The highest BCUT2D eigenvalue weighted by Crippen LogP contribution is 2.19. The number of nitrogens with zero attached hydrogens (tertiary/aromatic N) is 4. The first-order chi connectivity index (χ1) is 14.3. The number of benzene rings is 1. The van der Waals surface area contributed by atoms with Crippen LogP contribution in [0.25, 0.3) is 16.7 Å². The number of hydrogen-bond donors (Lipinski definition) is 1. The molecule has 0 aliphatic rings. The van der Waals surface area contributed by atoms with Crippen LogP contribution in [0.15, 0.2) is 41.2 Å². The van der Waals surface area contributed by atoms with Crippen LogP contribution in [0.5, 0.6) is 0 Å². The molecule has 3 heterocycles. The fourth-order valence-corrected chi connectivity index (χ4v) is 3.36. The van der Waals surface area contributed by atoms with Crippen LogP contribution in [-0.2, 0) is 11.3 Å². The molecule has 0 bridgehead atoms. The molecule has 8 nitrogen and oxygen atoms in total. The number of aromatic amines is 1. The molecule has 0 unspecified atom stereocenters. The third-order valence-corrected chi connectivity index (χ3v) is 4.88. The number of H-pyrrole nitrogens is 1. The monoisotopic (exact) mass is 423 g/mol. The zero-order chi connectivity index (χ0) is 21.4. The molecule has 0 amide bonds. The maximum atomic E-state index is 12.6. The van der Waals surface area contributed by atoms with E-state index in [9.17, 15) is 9.59 Å². The largest absolute Gasteiger partial charge is 0.453 e. The molecular formula is C21H18ClN5O3. The van der Waals surface area contributed by atoms with E-state index in [0.29, 0.717) is 16.7 Å². The van der Waals surface area contributed by atoms with Crippen LogP contribution in [-0.4, -0.2) is 30.7 Å². The summed E-state index contributed by atoms with van der Waals surface area (Å²) in [4.78, 5) is 36.2. The Morgan fingerprint density at radius 1 is 1.17 bits per heavy atom. The van der Waals surface area contributed by atoms with Crippen LogP contribution >= 0.6 is 11.6 Å². The number of halogens is 1. The molecule has 1 aromatic carbocycles. The van der Waals surface area contributed by atoms with Gasteiger partial charge in [0.05, 0.1) is 21.6 Å². The minimum absolute atomic E-state index is 0.0407. The van der Waals surface area contributed by atoms with E-state index in [1.165, 1.54) is 0 Å². The first kappa shape index (κ1) is 19.8. The summed E-state index contributed by atoms with van der Waals surface area (Å²) in [6.45, 7) is 5.39. The summed E-state index contributed by atoms with van der Waals surface area (Å²) in [7, 11) is 0. The van der Waals surface area contributed by atoms with E-state index in [1.54, 1.807) is 28.9 Å². The van der Waals surface area contributed by atoms with Crippen molar-refractivity contribution in [2.75, 3.05) is 0 Å². The van der Waals surface area contributed by atoms with Gasteiger partial charge in [-0.1, -0.05) is 23.7 Å². The quantitative estimate of drug-likeness (QED) is 0.504. The summed E-state index contributed by atoms with van der Waals surface area (Å²) in [6, 6.07) is 10.5. The van der Waals surface area contributed by atoms with Gasteiger partial charge in [0.2, 0.25) is 0 Å². The Morgan fingerprint density at radius 2 is 1.97 bits per heavy atom. The van der Waals surface area contributed by atoms with Crippen molar-refractivity contribution in [1.82, 2.24) is 24.7 Å². The molecule has 0 saturated heterocycles. The Kier molecular flexibility index (Phi) is 5.09. The fourth-order valence-electron chi connectivity index (χ4n) is 3.18. The SMILES string of the molecule is Cc1cc(C)n(-c2ccc(Cl)c(C(=O)OCc3nc4c(C)cccc4c(=O)[nH]3)n2)n1. The van der Waals surface area contributed by atoms with Crippen LogP contribution in [0.1, 0.15) is 33.3 Å². The van der Waals surface area contributed by atoms with Gasteiger partial charge in [0, 0.05) is 5.69 Å². The maximum Gasteiger partial charge on any atom is 0.359 e. The van der Waals surface area contributed by atoms with E-state index in [2.05, 4.69) is 20.1 Å². The van der Waals surface area contributed by atoms with Crippen molar-refractivity contribution in [1.29, 1.82) is 0 Å². The van der Waals surface area contributed by atoms with Crippen LogP contribution < -0.4 is 5.56 Å². The molecule has 4 rings (SSSR count). The summed E-state index contributed by atoms with van der Waals surface area (Å²) in [5, 5.41) is 4.99. The van der Waals surface area contributed by atoms with Crippen molar-refractivity contribution in [2.24, 2.45) is 0 Å². The normalized spacial score (nSPS) is 11.1. The number of hydrogen-bond acceptors (Lipinski definition) is 6. The molecule has 0 radical (unpaired) electrons. The highest BCUT2D eigenvalue weighted by molar-refractivity contribution is 6.33. The number of rotatable bonds is 4. The van der Waals surface area contributed by atoms with Crippen molar-refractivity contribution in [3.63, 3.8) is 0 Å². The first-order valence-electron chi connectivity index (χ1n) is 9.19. The number of aryl methyl sites for hydroxylation is 3. The lowest BCUT2D eigenvalue weighted by Crippen LogP contribution is -2.16. The minimum Gasteiger partial charge on any atom is -0.453 e. The second-order valence-electron chi connectivity index (χ2n) is 6.90. The Bertz CT molecular complexity index is 1340. The highest BCUT2D eigenvalue weighted by atomic mass is 35.5. The third-order valence-electron chi connectivity index (χ3n) is 4.58. The van der Waals surface area contributed by atoms with Crippen molar-refractivity contribution in [2.45, 2.75) is 27.4 Å². The van der Waals surface area contributed by atoms with Gasteiger partial charge in [0.15, 0.2) is 11.5 Å². The molecule has 0 atom stereocenters. The van der Waals surface area contributed by atoms with E-state index in [0.717, 1.165) is 17.0 Å². The Morgan fingerprint density at radius 3 is 2.70 bits per heavy atom. The molecule has 0 saturated carbocycles. The van der Waals surface area contributed by atoms with Crippen molar-refractivity contribution in [3.05, 3.63) is 80.2 Å². The number of para-hydroxylation sites is 1.